The van der Waals surface area contributed by atoms with E-state index in [0.717, 1.165) is 12.8 Å². The van der Waals surface area contributed by atoms with Gasteiger partial charge in [0.15, 0.2) is 5.60 Å². The van der Waals surface area contributed by atoms with Crippen LogP contribution in [0.15, 0.2) is 24.3 Å². The molecule has 4 unspecified atom stereocenters. The highest BCUT2D eigenvalue weighted by Gasteiger charge is 2.49. The molecule has 0 aromatic heterocycles. The highest BCUT2D eigenvalue weighted by molar-refractivity contribution is 5.87. The molecule has 0 radical (unpaired) electrons. The number of halogens is 1. The van der Waals surface area contributed by atoms with Gasteiger partial charge in [0, 0.05) is 37.8 Å². The summed E-state index contributed by atoms with van der Waals surface area (Å²) in [7, 11) is 1.43. The minimum absolute atomic E-state index is 0.140. The molecule has 2 fully saturated rings. The van der Waals surface area contributed by atoms with Gasteiger partial charge in [0.05, 0.1) is 12.2 Å². The average Bonchev–Trinajstić information content (AvgIpc) is 3.09. The Hall–Kier alpha value is -1.50. The number of methoxy groups -OCH3 is 1. The lowest BCUT2D eigenvalue weighted by atomic mass is 9.79. The molecular weight excluding hydrogens is 337 g/mol. The molecule has 5 nitrogen and oxygen atoms in total. The third-order valence-electron chi connectivity index (χ3n) is 6.08. The third kappa shape index (κ3) is 3.26. The van der Waals surface area contributed by atoms with Crippen LogP contribution in [0, 0.1) is 11.7 Å². The minimum Gasteiger partial charge on any atom is -0.390 e. The summed E-state index contributed by atoms with van der Waals surface area (Å²) in [5, 5.41) is 10.8. The van der Waals surface area contributed by atoms with E-state index >= 15 is 0 Å². The number of aliphatic hydroxyl groups is 1. The van der Waals surface area contributed by atoms with Crippen molar-refractivity contribution in [2.45, 2.75) is 50.4 Å². The van der Waals surface area contributed by atoms with Crippen molar-refractivity contribution in [3.8, 4) is 0 Å². The van der Waals surface area contributed by atoms with Crippen molar-refractivity contribution in [3.05, 3.63) is 35.6 Å². The first kappa shape index (κ1) is 19.3. The predicted octanol–water partition coefficient (Wildman–Crippen LogP) is 2.47. The molecule has 144 valence electrons. The zero-order valence-electron chi connectivity index (χ0n) is 15.7. The van der Waals surface area contributed by atoms with Crippen molar-refractivity contribution in [2.75, 3.05) is 26.9 Å². The van der Waals surface area contributed by atoms with Crippen molar-refractivity contribution in [2.24, 2.45) is 5.92 Å². The van der Waals surface area contributed by atoms with Crippen LogP contribution in [0.5, 0.6) is 0 Å². The van der Waals surface area contributed by atoms with Crippen LogP contribution >= 0.6 is 0 Å². The summed E-state index contributed by atoms with van der Waals surface area (Å²) in [6.07, 6.45) is 2.19. The zero-order chi connectivity index (χ0) is 18.9. The molecule has 0 spiro atoms. The van der Waals surface area contributed by atoms with Gasteiger partial charge in [-0.1, -0.05) is 18.2 Å². The van der Waals surface area contributed by atoms with Crippen molar-refractivity contribution >= 4 is 5.91 Å². The predicted molar refractivity (Wildman–Crippen MR) is 95.0 cm³/mol. The molecule has 1 amide bonds. The van der Waals surface area contributed by atoms with E-state index in [1.807, 2.05) is 6.92 Å². The first-order valence-electron chi connectivity index (χ1n) is 9.22. The maximum absolute atomic E-state index is 14.4. The van der Waals surface area contributed by atoms with E-state index in [0.29, 0.717) is 26.2 Å². The Bertz CT molecular complexity index is 665. The second-order valence-electron chi connectivity index (χ2n) is 7.71. The Morgan fingerprint density at radius 3 is 2.85 bits per heavy atom. The SMILES string of the molecule is COC(C)(C(=O)N1CCCC1C1COCCC1(C)O)c1ccccc1F. The second kappa shape index (κ2) is 7.25. The van der Waals surface area contributed by atoms with Crippen molar-refractivity contribution in [1.29, 1.82) is 0 Å². The largest absolute Gasteiger partial charge is 0.390 e. The quantitative estimate of drug-likeness (QED) is 0.891. The molecule has 1 N–H and O–H groups in total. The van der Waals surface area contributed by atoms with Crippen molar-refractivity contribution in [3.63, 3.8) is 0 Å². The molecule has 3 rings (SSSR count). The fourth-order valence-electron chi connectivity index (χ4n) is 4.28. The zero-order valence-corrected chi connectivity index (χ0v) is 15.7. The van der Waals surface area contributed by atoms with E-state index in [1.54, 1.807) is 30.0 Å². The number of carbonyl (C=O) groups excluding carboxylic acids is 1. The van der Waals surface area contributed by atoms with Gasteiger partial charge in [-0.2, -0.15) is 0 Å². The van der Waals surface area contributed by atoms with Crippen LogP contribution < -0.4 is 0 Å². The number of nitrogens with zero attached hydrogens (tertiary/aromatic N) is 1. The Morgan fingerprint density at radius 2 is 2.19 bits per heavy atom. The molecule has 2 aliphatic heterocycles. The highest BCUT2D eigenvalue weighted by atomic mass is 19.1. The number of hydrogen-bond donors (Lipinski definition) is 1. The molecule has 6 heteroatoms. The topological polar surface area (TPSA) is 59.0 Å². The maximum atomic E-state index is 14.4. The van der Waals surface area contributed by atoms with Crippen LogP contribution in [0.4, 0.5) is 4.39 Å². The fourth-order valence-corrected chi connectivity index (χ4v) is 4.28. The number of amides is 1. The lowest BCUT2D eigenvalue weighted by molar-refractivity contribution is -0.164. The number of benzene rings is 1. The smallest absolute Gasteiger partial charge is 0.259 e. The summed E-state index contributed by atoms with van der Waals surface area (Å²) >= 11 is 0. The molecule has 4 atom stereocenters. The Kier molecular flexibility index (Phi) is 5.37. The fraction of sp³-hybridized carbons (Fsp3) is 0.650. The van der Waals surface area contributed by atoms with Gasteiger partial charge >= 0.3 is 0 Å². The van der Waals surface area contributed by atoms with Crippen LogP contribution in [0.2, 0.25) is 0 Å². The standard InChI is InChI=1S/C20H28FNO4/c1-19(24)10-12-26-13-15(19)17-9-6-11-22(17)18(23)20(2,25-3)14-7-4-5-8-16(14)21/h4-5,7-8,15,17,24H,6,9-13H2,1-3H3. The van der Waals surface area contributed by atoms with E-state index in [4.69, 9.17) is 9.47 Å². The van der Waals surface area contributed by atoms with E-state index in [2.05, 4.69) is 0 Å². The van der Waals surface area contributed by atoms with Gasteiger partial charge in [0.2, 0.25) is 0 Å². The van der Waals surface area contributed by atoms with Gasteiger partial charge in [0.25, 0.3) is 5.91 Å². The van der Waals surface area contributed by atoms with Gasteiger partial charge in [-0.3, -0.25) is 4.79 Å². The van der Waals surface area contributed by atoms with Gasteiger partial charge < -0.3 is 19.5 Å². The molecule has 0 aliphatic carbocycles. The normalized spacial score (nSPS) is 31.7. The highest BCUT2D eigenvalue weighted by Crippen LogP contribution is 2.39. The Balaban J connectivity index is 1.91. The molecule has 0 bridgehead atoms. The minimum atomic E-state index is -1.41. The summed E-state index contributed by atoms with van der Waals surface area (Å²) in [5.74, 6) is -0.896. The molecule has 2 aliphatic rings. The number of rotatable bonds is 4. The van der Waals surface area contributed by atoms with E-state index in [-0.39, 0.29) is 23.4 Å². The van der Waals surface area contributed by atoms with Crippen molar-refractivity contribution < 1.29 is 23.8 Å². The summed E-state index contributed by atoms with van der Waals surface area (Å²) in [6.45, 7) is 4.94. The number of carbonyl (C=O) groups is 1. The van der Waals surface area contributed by atoms with Crippen molar-refractivity contribution in [1.82, 2.24) is 4.90 Å². The molecule has 2 saturated heterocycles. The molecule has 2 heterocycles. The van der Waals surface area contributed by atoms with Crippen LogP contribution in [-0.2, 0) is 19.9 Å². The first-order valence-corrected chi connectivity index (χ1v) is 9.22. The summed E-state index contributed by atoms with van der Waals surface area (Å²) < 4.78 is 25.5. The monoisotopic (exact) mass is 365 g/mol. The van der Waals surface area contributed by atoms with Crippen LogP contribution in [0.1, 0.15) is 38.7 Å². The van der Waals surface area contributed by atoms with Crippen LogP contribution in [-0.4, -0.2) is 54.4 Å². The van der Waals surface area contributed by atoms with E-state index < -0.39 is 17.0 Å². The lowest BCUT2D eigenvalue weighted by Crippen LogP contribution is -2.56. The Morgan fingerprint density at radius 1 is 1.46 bits per heavy atom. The summed E-state index contributed by atoms with van der Waals surface area (Å²) in [5.41, 5.74) is -2.06. The molecule has 1 aromatic rings. The number of likely N-dealkylation sites (tertiary alicyclic amines) is 1. The first-order chi connectivity index (χ1) is 12.3. The van der Waals surface area contributed by atoms with Gasteiger partial charge in [-0.05, 0) is 39.2 Å². The van der Waals surface area contributed by atoms with Gasteiger partial charge in [-0.25, -0.2) is 4.39 Å². The van der Waals surface area contributed by atoms with Gasteiger partial charge in [0.1, 0.15) is 5.82 Å². The van der Waals surface area contributed by atoms with Crippen LogP contribution in [0.3, 0.4) is 0 Å². The van der Waals surface area contributed by atoms with E-state index in [1.165, 1.54) is 13.2 Å². The third-order valence-corrected chi connectivity index (χ3v) is 6.08. The summed E-state index contributed by atoms with van der Waals surface area (Å²) in [4.78, 5) is 15.2. The number of ether oxygens (including phenoxy) is 2. The molecular formula is C20H28FNO4. The second-order valence-corrected chi connectivity index (χ2v) is 7.71. The number of hydrogen-bond acceptors (Lipinski definition) is 4. The molecule has 26 heavy (non-hydrogen) atoms. The van der Waals surface area contributed by atoms with Crippen LogP contribution in [0.25, 0.3) is 0 Å². The Labute approximate surface area is 154 Å². The maximum Gasteiger partial charge on any atom is 0.259 e. The molecule has 0 saturated carbocycles. The van der Waals surface area contributed by atoms with Gasteiger partial charge in [-0.15, -0.1) is 0 Å². The summed E-state index contributed by atoms with van der Waals surface area (Å²) in [6, 6.07) is 6.07. The average molecular weight is 365 g/mol. The van der Waals surface area contributed by atoms with E-state index in [9.17, 15) is 14.3 Å². The lowest BCUT2D eigenvalue weighted by Gasteiger charge is -2.44. The molecule has 1 aromatic carbocycles.